The molecule has 0 aliphatic rings. The van der Waals surface area contributed by atoms with E-state index in [4.69, 9.17) is 0 Å². The zero-order valence-electron chi connectivity index (χ0n) is 8.55. The van der Waals surface area contributed by atoms with Crippen molar-refractivity contribution in [1.29, 1.82) is 0 Å². The minimum Gasteiger partial charge on any atom is -0.507 e. The molecule has 2 nitrogen and oxygen atoms in total. The summed E-state index contributed by atoms with van der Waals surface area (Å²) in [6.45, 7) is -0.774. The predicted octanol–water partition coefficient (Wildman–Crippen LogP) is 3.15. The first-order valence-electron chi connectivity index (χ1n) is 4.50. The minimum atomic E-state index is -4.19. The van der Waals surface area contributed by atoms with Crippen LogP contribution in [0.25, 0.3) is 0 Å². The van der Waals surface area contributed by atoms with Gasteiger partial charge < -0.3 is 5.11 Å². The smallest absolute Gasteiger partial charge is 0.401 e. The summed E-state index contributed by atoms with van der Waals surface area (Å²) >= 11 is 3.11. The molecule has 0 heterocycles. The van der Waals surface area contributed by atoms with Gasteiger partial charge in [0.05, 0.1) is 11.0 Å². The number of hydrogen-bond acceptors (Lipinski definition) is 2. The highest BCUT2D eigenvalue weighted by atomic mass is 79.9. The highest BCUT2D eigenvalue weighted by Crippen LogP contribution is 2.25. The van der Waals surface area contributed by atoms with Gasteiger partial charge in [-0.3, -0.25) is 4.90 Å². The number of nitrogens with zero attached hydrogens (tertiary/aromatic N) is 1. The van der Waals surface area contributed by atoms with E-state index in [2.05, 4.69) is 15.9 Å². The molecule has 0 unspecified atom stereocenters. The molecule has 0 aromatic heterocycles. The lowest BCUT2D eigenvalue weighted by Crippen LogP contribution is -2.30. The molecule has 0 atom stereocenters. The average Bonchev–Trinajstić information content (AvgIpc) is 2.08. The Morgan fingerprint density at radius 1 is 1.38 bits per heavy atom. The van der Waals surface area contributed by atoms with E-state index in [1.54, 1.807) is 12.1 Å². The number of halogens is 4. The van der Waals surface area contributed by atoms with E-state index < -0.39 is 12.7 Å². The lowest BCUT2D eigenvalue weighted by molar-refractivity contribution is -0.144. The van der Waals surface area contributed by atoms with Crippen LogP contribution in [-0.4, -0.2) is 29.8 Å². The molecule has 0 saturated carbocycles. The van der Waals surface area contributed by atoms with E-state index in [-0.39, 0.29) is 12.3 Å². The van der Waals surface area contributed by atoms with Gasteiger partial charge >= 0.3 is 6.18 Å². The summed E-state index contributed by atoms with van der Waals surface area (Å²) < 4.78 is 36.7. The highest BCUT2D eigenvalue weighted by Gasteiger charge is 2.29. The van der Waals surface area contributed by atoms with Crippen LogP contribution in [0.2, 0.25) is 0 Å². The normalized spacial score (nSPS) is 12.1. The third-order valence-corrected chi connectivity index (χ3v) is 2.55. The average molecular weight is 298 g/mol. The van der Waals surface area contributed by atoms with Gasteiger partial charge in [-0.25, -0.2) is 0 Å². The molecule has 0 saturated heterocycles. The summed E-state index contributed by atoms with van der Waals surface area (Å²) in [5, 5.41) is 9.22. The van der Waals surface area contributed by atoms with Crippen LogP contribution in [0.15, 0.2) is 22.7 Å². The zero-order valence-corrected chi connectivity index (χ0v) is 10.1. The SMILES string of the molecule is CN(Cc1ccc(O)c(Br)c1)CC(F)(F)F. The van der Waals surface area contributed by atoms with E-state index in [1.165, 1.54) is 18.0 Å². The standard InChI is InChI=1S/C10H11BrF3NO/c1-15(6-10(12,13)14)5-7-2-3-9(16)8(11)4-7/h2-4,16H,5-6H2,1H3. The summed E-state index contributed by atoms with van der Waals surface area (Å²) in [4.78, 5) is 1.17. The number of aromatic hydroxyl groups is 1. The second-order valence-electron chi connectivity index (χ2n) is 3.57. The number of phenolic OH excluding ortho intramolecular Hbond substituents is 1. The Bertz CT molecular complexity index is 368. The van der Waals surface area contributed by atoms with Gasteiger partial charge in [0, 0.05) is 6.54 Å². The van der Waals surface area contributed by atoms with Gasteiger partial charge in [-0.05, 0) is 40.7 Å². The number of rotatable bonds is 3. The maximum atomic E-state index is 12.1. The monoisotopic (exact) mass is 297 g/mol. The van der Waals surface area contributed by atoms with Crippen LogP contribution < -0.4 is 0 Å². The Labute approximate surface area is 99.8 Å². The summed E-state index contributed by atoms with van der Waals surface area (Å²) in [7, 11) is 1.40. The molecule has 0 aliphatic heterocycles. The van der Waals surface area contributed by atoms with Crippen LogP contribution >= 0.6 is 15.9 Å². The van der Waals surface area contributed by atoms with E-state index in [0.717, 1.165) is 0 Å². The van der Waals surface area contributed by atoms with Gasteiger partial charge in [0.15, 0.2) is 0 Å². The Hall–Kier alpha value is -0.750. The van der Waals surface area contributed by atoms with Gasteiger partial charge in [0.25, 0.3) is 0 Å². The number of hydrogen-bond donors (Lipinski definition) is 1. The van der Waals surface area contributed by atoms with Crippen molar-refractivity contribution in [2.75, 3.05) is 13.6 Å². The summed E-state index contributed by atoms with van der Waals surface area (Å²) in [6.07, 6.45) is -4.19. The fourth-order valence-electron chi connectivity index (χ4n) is 1.32. The Balaban J connectivity index is 2.63. The van der Waals surface area contributed by atoms with Gasteiger partial charge in [0.1, 0.15) is 5.75 Å². The molecule has 0 spiro atoms. The Morgan fingerprint density at radius 3 is 2.50 bits per heavy atom. The van der Waals surface area contributed by atoms with Crippen LogP contribution in [0.1, 0.15) is 5.56 Å². The van der Waals surface area contributed by atoms with Gasteiger partial charge in [-0.1, -0.05) is 6.07 Å². The third kappa shape index (κ3) is 4.40. The topological polar surface area (TPSA) is 23.5 Å². The number of phenols is 1. The molecule has 6 heteroatoms. The molecule has 1 aromatic carbocycles. The lowest BCUT2D eigenvalue weighted by atomic mass is 10.2. The summed E-state index contributed by atoms with van der Waals surface area (Å²) in [6, 6.07) is 4.63. The number of alkyl halides is 3. The second kappa shape index (κ2) is 5.05. The Morgan fingerprint density at radius 2 is 2.00 bits per heavy atom. The fraction of sp³-hybridized carbons (Fsp3) is 0.400. The number of benzene rings is 1. The predicted molar refractivity (Wildman–Crippen MR) is 58.2 cm³/mol. The van der Waals surface area contributed by atoms with Crippen molar-refractivity contribution in [1.82, 2.24) is 4.90 Å². The molecule has 1 rings (SSSR count). The molecular weight excluding hydrogens is 287 g/mol. The molecule has 0 fully saturated rings. The molecule has 90 valence electrons. The van der Waals surface area contributed by atoms with E-state index in [0.29, 0.717) is 10.0 Å². The van der Waals surface area contributed by atoms with Crippen molar-refractivity contribution in [3.63, 3.8) is 0 Å². The van der Waals surface area contributed by atoms with E-state index in [9.17, 15) is 18.3 Å². The third-order valence-electron chi connectivity index (χ3n) is 1.91. The molecule has 16 heavy (non-hydrogen) atoms. The van der Waals surface area contributed by atoms with Gasteiger partial charge in [-0.15, -0.1) is 0 Å². The quantitative estimate of drug-likeness (QED) is 0.926. The summed E-state index contributed by atoms with van der Waals surface area (Å²) in [5.41, 5.74) is 0.705. The molecule has 0 aliphatic carbocycles. The lowest BCUT2D eigenvalue weighted by Gasteiger charge is -2.18. The Kier molecular flexibility index (Phi) is 4.21. The molecule has 1 N–H and O–H groups in total. The van der Waals surface area contributed by atoms with E-state index >= 15 is 0 Å². The minimum absolute atomic E-state index is 0.0715. The highest BCUT2D eigenvalue weighted by molar-refractivity contribution is 9.10. The van der Waals surface area contributed by atoms with Crippen LogP contribution in [0.4, 0.5) is 13.2 Å². The first-order chi connectivity index (χ1) is 7.28. The molecule has 0 bridgehead atoms. The molecular formula is C10H11BrF3NO. The maximum Gasteiger partial charge on any atom is 0.401 e. The van der Waals surface area contributed by atoms with Gasteiger partial charge in [0.2, 0.25) is 0 Å². The van der Waals surface area contributed by atoms with Crippen LogP contribution in [0.3, 0.4) is 0 Å². The van der Waals surface area contributed by atoms with Crippen LogP contribution in [0.5, 0.6) is 5.75 Å². The largest absolute Gasteiger partial charge is 0.507 e. The fourth-order valence-corrected chi connectivity index (χ4v) is 1.75. The van der Waals surface area contributed by atoms with Crippen molar-refractivity contribution in [3.8, 4) is 5.75 Å². The second-order valence-corrected chi connectivity index (χ2v) is 4.43. The van der Waals surface area contributed by atoms with Crippen molar-refractivity contribution >= 4 is 15.9 Å². The zero-order chi connectivity index (χ0) is 12.3. The first kappa shape index (κ1) is 13.3. The van der Waals surface area contributed by atoms with Crippen molar-refractivity contribution in [2.45, 2.75) is 12.7 Å². The molecule has 1 aromatic rings. The molecule has 0 radical (unpaired) electrons. The van der Waals surface area contributed by atoms with Crippen molar-refractivity contribution in [2.24, 2.45) is 0 Å². The van der Waals surface area contributed by atoms with E-state index in [1.807, 2.05) is 0 Å². The molecule has 0 amide bonds. The van der Waals surface area contributed by atoms with Crippen LogP contribution in [-0.2, 0) is 6.54 Å². The first-order valence-corrected chi connectivity index (χ1v) is 5.30. The van der Waals surface area contributed by atoms with Crippen molar-refractivity contribution < 1.29 is 18.3 Å². The van der Waals surface area contributed by atoms with Gasteiger partial charge in [-0.2, -0.15) is 13.2 Å². The maximum absolute atomic E-state index is 12.1. The van der Waals surface area contributed by atoms with Crippen molar-refractivity contribution in [3.05, 3.63) is 28.2 Å². The van der Waals surface area contributed by atoms with Crippen LogP contribution in [0, 0.1) is 0 Å². The summed E-state index contributed by atoms with van der Waals surface area (Å²) in [5.74, 6) is 0.0715.